The van der Waals surface area contributed by atoms with Crippen LogP contribution >= 0.6 is 0 Å². The number of carboxylic acid groups (broad SMARTS) is 1. The Labute approximate surface area is 118 Å². The van der Waals surface area contributed by atoms with Crippen molar-refractivity contribution in [2.75, 3.05) is 6.54 Å². The molecule has 0 saturated heterocycles. The van der Waals surface area contributed by atoms with Crippen LogP contribution in [0.3, 0.4) is 0 Å². The molecule has 0 bridgehead atoms. The Hall–Kier alpha value is -1.79. The molecule has 2 unspecified atom stereocenters. The first kappa shape index (κ1) is 16.3. The van der Waals surface area contributed by atoms with Crippen molar-refractivity contribution in [1.29, 1.82) is 0 Å². The number of nitrogens with two attached hydrogens (primary N) is 1. The van der Waals surface area contributed by atoms with Gasteiger partial charge in [0, 0.05) is 12.6 Å². The number of carboxylic acids is 1. The van der Waals surface area contributed by atoms with Gasteiger partial charge in [0.2, 0.25) is 5.91 Å². The zero-order chi connectivity index (χ0) is 15.6. The van der Waals surface area contributed by atoms with Crippen LogP contribution in [0.4, 0.5) is 4.79 Å². The molecule has 1 rings (SSSR count). The molecule has 1 saturated carbocycles. The summed E-state index contributed by atoms with van der Waals surface area (Å²) in [5, 5.41) is 14.5. The Morgan fingerprint density at radius 1 is 1.40 bits per heavy atom. The summed E-state index contributed by atoms with van der Waals surface area (Å²) in [6.07, 6.45) is 1.94. The Morgan fingerprint density at radius 2 is 2.00 bits per heavy atom. The number of aliphatic carboxylic acids is 1. The zero-order valence-electron chi connectivity index (χ0n) is 12.2. The van der Waals surface area contributed by atoms with Crippen molar-refractivity contribution in [3.8, 4) is 0 Å². The average Bonchev–Trinajstić information content (AvgIpc) is 2.70. The summed E-state index contributed by atoms with van der Waals surface area (Å²) in [5.41, 5.74) is 3.44. The lowest BCUT2D eigenvalue weighted by molar-refractivity contribution is -0.148. The van der Waals surface area contributed by atoms with E-state index in [9.17, 15) is 19.5 Å². The van der Waals surface area contributed by atoms with E-state index in [-0.39, 0.29) is 6.54 Å². The van der Waals surface area contributed by atoms with Crippen molar-refractivity contribution in [3.05, 3.63) is 0 Å². The number of hydrogen-bond acceptors (Lipinski definition) is 3. The lowest BCUT2D eigenvalue weighted by Crippen LogP contribution is -2.52. The van der Waals surface area contributed by atoms with Crippen LogP contribution < -0.4 is 16.4 Å². The Balaban J connectivity index is 2.55. The van der Waals surface area contributed by atoms with Gasteiger partial charge in [-0.3, -0.25) is 9.59 Å². The van der Waals surface area contributed by atoms with Gasteiger partial charge in [0.25, 0.3) is 0 Å². The molecular weight excluding hydrogens is 262 g/mol. The van der Waals surface area contributed by atoms with E-state index < -0.39 is 34.8 Å². The molecule has 7 heteroatoms. The molecule has 114 valence electrons. The summed E-state index contributed by atoms with van der Waals surface area (Å²) in [7, 11) is 0. The molecule has 7 nitrogen and oxygen atoms in total. The van der Waals surface area contributed by atoms with Crippen LogP contribution in [0.5, 0.6) is 0 Å². The van der Waals surface area contributed by atoms with Crippen molar-refractivity contribution in [2.45, 2.75) is 46.1 Å². The van der Waals surface area contributed by atoms with E-state index in [4.69, 9.17) is 5.73 Å². The van der Waals surface area contributed by atoms with E-state index in [1.54, 1.807) is 20.8 Å². The minimum atomic E-state index is -0.934. The first-order valence-corrected chi connectivity index (χ1v) is 6.67. The molecular formula is C13H23N3O4. The number of rotatable bonds is 5. The van der Waals surface area contributed by atoms with E-state index in [2.05, 4.69) is 10.6 Å². The lowest BCUT2D eigenvalue weighted by Gasteiger charge is -2.28. The van der Waals surface area contributed by atoms with Crippen molar-refractivity contribution >= 4 is 17.9 Å². The summed E-state index contributed by atoms with van der Waals surface area (Å²) >= 11 is 0. The van der Waals surface area contributed by atoms with Gasteiger partial charge in [0.05, 0.1) is 10.8 Å². The molecule has 0 aromatic carbocycles. The minimum absolute atomic E-state index is 0.102. The first-order chi connectivity index (χ1) is 9.09. The van der Waals surface area contributed by atoms with Gasteiger partial charge in [-0.2, -0.15) is 0 Å². The predicted octanol–water partition coefficient (Wildman–Crippen LogP) is 0.441. The third-order valence-electron chi connectivity index (χ3n) is 4.11. The fourth-order valence-corrected chi connectivity index (χ4v) is 2.25. The molecule has 20 heavy (non-hydrogen) atoms. The zero-order valence-corrected chi connectivity index (χ0v) is 12.2. The van der Waals surface area contributed by atoms with Crippen LogP contribution in [0, 0.1) is 10.8 Å². The Kier molecular flexibility index (Phi) is 4.62. The van der Waals surface area contributed by atoms with Gasteiger partial charge in [0.15, 0.2) is 0 Å². The minimum Gasteiger partial charge on any atom is -0.481 e. The number of urea groups is 1. The Bertz CT molecular complexity index is 422. The summed E-state index contributed by atoms with van der Waals surface area (Å²) in [4.78, 5) is 34.2. The highest BCUT2D eigenvalue weighted by atomic mass is 16.4. The van der Waals surface area contributed by atoms with E-state index >= 15 is 0 Å². The van der Waals surface area contributed by atoms with Crippen LogP contribution in [-0.2, 0) is 9.59 Å². The van der Waals surface area contributed by atoms with E-state index in [1.807, 2.05) is 0 Å². The van der Waals surface area contributed by atoms with E-state index in [0.717, 1.165) is 6.42 Å². The molecule has 5 N–H and O–H groups in total. The van der Waals surface area contributed by atoms with Crippen LogP contribution in [0.25, 0.3) is 0 Å². The highest BCUT2D eigenvalue weighted by Crippen LogP contribution is 2.38. The molecule has 0 spiro atoms. The van der Waals surface area contributed by atoms with Crippen molar-refractivity contribution in [3.63, 3.8) is 0 Å². The second-order valence-electron chi connectivity index (χ2n) is 6.24. The highest BCUT2D eigenvalue weighted by molar-refractivity contribution is 5.82. The van der Waals surface area contributed by atoms with E-state index in [0.29, 0.717) is 12.8 Å². The van der Waals surface area contributed by atoms with Crippen molar-refractivity contribution < 1.29 is 19.5 Å². The fourth-order valence-electron chi connectivity index (χ4n) is 2.25. The Morgan fingerprint density at radius 3 is 2.50 bits per heavy atom. The molecule has 3 amide bonds. The largest absolute Gasteiger partial charge is 0.481 e. The number of nitrogens with one attached hydrogen (secondary N) is 2. The summed E-state index contributed by atoms with van der Waals surface area (Å²) in [6, 6.07) is -0.879. The second-order valence-corrected chi connectivity index (χ2v) is 6.24. The van der Waals surface area contributed by atoms with Gasteiger partial charge >= 0.3 is 12.0 Å². The SMILES string of the molecule is CC(C)(CNC(=O)NC1CCCC1(C)C(=O)O)C(N)=O. The second kappa shape index (κ2) is 5.68. The molecule has 1 aliphatic rings. The summed E-state index contributed by atoms with van der Waals surface area (Å²) < 4.78 is 0. The standard InChI is InChI=1S/C13H23N3O4/c1-12(2,9(14)17)7-15-11(20)16-8-5-4-6-13(8,3)10(18)19/h8H,4-7H2,1-3H3,(H2,14,17)(H,18,19)(H2,15,16,20). The topological polar surface area (TPSA) is 122 Å². The van der Waals surface area contributed by atoms with Crippen molar-refractivity contribution in [2.24, 2.45) is 16.6 Å². The van der Waals surface area contributed by atoms with Gasteiger partial charge in [-0.05, 0) is 33.6 Å². The third kappa shape index (κ3) is 3.40. The molecule has 0 aromatic heterocycles. The first-order valence-electron chi connectivity index (χ1n) is 6.67. The average molecular weight is 285 g/mol. The number of amides is 3. The molecule has 2 atom stereocenters. The summed E-state index contributed by atoms with van der Waals surface area (Å²) in [5.74, 6) is -1.41. The maximum Gasteiger partial charge on any atom is 0.315 e. The highest BCUT2D eigenvalue weighted by Gasteiger charge is 2.46. The van der Waals surface area contributed by atoms with Gasteiger partial charge in [-0.1, -0.05) is 6.42 Å². The molecule has 1 fully saturated rings. The van der Waals surface area contributed by atoms with Crippen molar-refractivity contribution in [1.82, 2.24) is 10.6 Å². The molecule has 0 aromatic rings. The normalized spacial score (nSPS) is 26.1. The predicted molar refractivity (Wildman–Crippen MR) is 72.9 cm³/mol. The monoisotopic (exact) mass is 285 g/mol. The van der Waals surface area contributed by atoms with Gasteiger partial charge in [0.1, 0.15) is 0 Å². The fraction of sp³-hybridized carbons (Fsp3) is 0.769. The maximum absolute atomic E-state index is 11.8. The smallest absolute Gasteiger partial charge is 0.315 e. The molecule has 0 heterocycles. The van der Waals surface area contributed by atoms with Crippen LogP contribution in [0.1, 0.15) is 40.0 Å². The van der Waals surface area contributed by atoms with Crippen LogP contribution in [0.2, 0.25) is 0 Å². The molecule has 0 radical (unpaired) electrons. The van der Waals surface area contributed by atoms with Gasteiger partial charge < -0.3 is 21.5 Å². The van der Waals surface area contributed by atoms with Gasteiger partial charge in [-0.25, -0.2) is 4.79 Å². The molecule has 1 aliphatic carbocycles. The third-order valence-corrected chi connectivity index (χ3v) is 4.11. The maximum atomic E-state index is 11.8. The number of hydrogen-bond donors (Lipinski definition) is 4. The summed E-state index contributed by atoms with van der Waals surface area (Å²) in [6.45, 7) is 5.00. The number of carbonyl (C=O) groups is 3. The van der Waals surface area contributed by atoms with Crippen LogP contribution in [0.15, 0.2) is 0 Å². The van der Waals surface area contributed by atoms with E-state index in [1.165, 1.54) is 0 Å². The van der Waals surface area contributed by atoms with Crippen LogP contribution in [-0.4, -0.2) is 35.6 Å². The van der Waals surface area contributed by atoms with Gasteiger partial charge in [-0.15, -0.1) is 0 Å². The lowest BCUT2D eigenvalue weighted by atomic mass is 9.85. The quantitative estimate of drug-likeness (QED) is 0.585. The number of carbonyl (C=O) groups excluding carboxylic acids is 2. The number of primary amides is 1. The molecule has 0 aliphatic heterocycles.